The molecule has 3 rings (SSSR count). The molecule has 2 atom stereocenters. The van der Waals surface area contributed by atoms with Crippen molar-refractivity contribution >= 4 is 40.5 Å². The molecule has 27 heavy (non-hydrogen) atoms. The number of imide groups is 1. The molecule has 0 aliphatic heterocycles. The lowest BCUT2D eigenvalue weighted by Crippen LogP contribution is -2.48. The minimum Gasteiger partial charge on any atom is -0.450 e. The zero-order valence-electron chi connectivity index (χ0n) is 14.9. The number of carbonyl (C=O) groups excluding carboxylic acids is 3. The van der Waals surface area contributed by atoms with E-state index in [2.05, 4.69) is 17.6 Å². The number of ether oxygens (including phenoxy) is 1. The lowest BCUT2D eigenvalue weighted by molar-refractivity contribution is -0.123. The van der Waals surface area contributed by atoms with E-state index in [9.17, 15) is 14.4 Å². The Morgan fingerprint density at radius 1 is 1.22 bits per heavy atom. The van der Waals surface area contributed by atoms with Gasteiger partial charge in [-0.05, 0) is 43.0 Å². The maximum Gasteiger partial charge on any atom is 0.374 e. The molecule has 0 spiro atoms. The fourth-order valence-corrected chi connectivity index (χ4v) is 3.40. The van der Waals surface area contributed by atoms with Crippen LogP contribution in [0.4, 0.5) is 4.79 Å². The van der Waals surface area contributed by atoms with Crippen LogP contribution in [0, 0.1) is 5.92 Å². The largest absolute Gasteiger partial charge is 0.450 e. The number of esters is 1. The lowest BCUT2D eigenvalue weighted by Gasteiger charge is -2.29. The van der Waals surface area contributed by atoms with Crippen molar-refractivity contribution in [3.8, 4) is 0 Å². The molecule has 0 saturated heterocycles. The standard InChI is InChI=1S/C19H21ClN2O5/c1-11-4-2-3-5-14(11)21-19(25)22-17(23)10-26-18(24)16-9-12-8-13(20)6-7-15(12)27-16/h6-9,11,14H,2-5,10H2,1H3,(H2,21,22,23,25)/t11-,14+/m0/s1. The van der Waals surface area contributed by atoms with Crippen molar-refractivity contribution in [1.82, 2.24) is 10.6 Å². The predicted octanol–water partition coefficient (Wildman–Crippen LogP) is 3.65. The molecule has 1 fully saturated rings. The van der Waals surface area contributed by atoms with Crippen LogP contribution in [-0.4, -0.2) is 30.6 Å². The number of carbonyl (C=O) groups is 3. The van der Waals surface area contributed by atoms with Crippen LogP contribution in [0.25, 0.3) is 11.0 Å². The van der Waals surface area contributed by atoms with E-state index in [-0.39, 0.29) is 11.8 Å². The van der Waals surface area contributed by atoms with Gasteiger partial charge in [-0.3, -0.25) is 10.1 Å². The second-order valence-electron chi connectivity index (χ2n) is 6.76. The highest BCUT2D eigenvalue weighted by Gasteiger charge is 2.23. The summed E-state index contributed by atoms with van der Waals surface area (Å²) in [5.41, 5.74) is 0.483. The molecule has 1 aliphatic rings. The van der Waals surface area contributed by atoms with Crippen molar-refractivity contribution in [3.63, 3.8) is 0 Å². The summed E-state index contributed by atoms with van der Waals surface area (Å²) in [6, 6.07) is 5.89. The minimum atomic E-state index is -0.793. The third kappa shape index (κ3) is 5.01. The lowest BCUT2D eigenvalue weighted by atomic mass is 9.86. The van der Waals surface area contributed by atoms with Gasteiger partial charge in [0.1, 0.15) is 5.58 Å². The molecule has 8 heteroatoms. The van der Waals surface area contributed by atoms with Crippen molar-refractivity contribution in [2.24, 2.45) is 5.92 Å². The van der Waals surface area contributed by atoms with E-state index in [0.717, 1.165) is 25.7 Å². The first kappa shape index (κ1) is 19.2. The number of hydrogen-bond acceptors (Lipinski definition) is 5. The highest BCUT2D eigenvalue weighted by atomic mass is 35.5. The van der Waals surface area contributed by atoms with Gasteiger partial charge in [0, 0.05) is 16.5 Å². The van der Waals surface area contributed by atoms with Gasteiger partial charge in [0.2, 0.25) is 5.76 Å². The van der Waals surface area contributed by atoms with Crippen molar-refractivity contribution in [2.45, 2.75) is 38.6 Å². The molecule has 0 bridgehead atoms. The van der Waals surface area contributed by atoms with Crippen molar-refractivity contribution < 1.29 is 23.5 Å². The molecule has 0 radical (unpaired) electrons. The Kier molecular flexibility index (Phi) is 6.01. The zero-order valence-corrected chi connectivity index (χ0v) is 15.7. The zero-order chi connectivity index (χ0) is 19.4. The van der Waals surface area contributed by atoms with Crippen molar-refractivity contribution in [1.29, 1.82) is 0 Å². The molecule has 144 valence electrons. The van der Waals surface area contributed by atoms with Gasteiger partial charge in [0.25, 0.3) is 5.91 Å². The maximum atomic E-state index is 12.0. The molecule has 2 N–H and O–H groups in total. The summed E-state index contributed by atoms with van der Waals surface area (Å²) in [7, 11) is 0. The summed E-state index contributed by atoms with van der Waals surface area (Å²) >= 11 is 5.89. The molecule has 0 unspecified atom stereocenters. The number of furan rings is 1. The molecule has 2 aromatic rings. The van der Waals surface area contributed by atoms with E-state index in [1.165, 1.54) is 6.07 Å². The molecule has 7 nitrogen and oxygen atoms in total. The molecule has 1 saturated carbocycles. The van der Waals surface area contributed by atoms with Crippen LogP contribution in [0.3, 0.4) is 0 Å². The summed E-state index contributed by atoms with van der Waals surface area (Å²) in [6.45, 7) is 1.50. The third-order valence-electron chi connectivity index (χ3n) is 4.69. The smallest absolute Gasteiger partial charge is 0.374 e. The number of urea groups is 1. The van der Waals surface area contributed by atoms with Crippen molar-refractivity contribution in [2.75, 3.05) is 6.61 Å². The number of nitrogens with one attached hydrogen (secondary N) is 2. The summed E-state index contributed by atoms with van der Waals surface area (Å²) in [5, 5.41) is 6.14. The van der Waals surface area contributed by atoms with E-state index in [0.29, 0.717) is 21.9 Å². The summed E-state index contributed by atoms with van der Waals surface area (Å²) in [4.78, 5) is 35.8. The van der Waals surface area contributed by atoms with Crippen LogP contribution in [0.15, 0.2) is 28.7 Å². The van der Waals surface area contributed by atoms with Crippen LogP contribution < -0.4 is 10.6 Å². The topological polar surface area (TPSA) is 97.6 Å². The Morgan fingerprint density at radius 3 is 2.78 bits per heavy atom. The van der Waals surface area contributed by atoms with E-state index in [4.69, 9.17) is 20.8 Å². The molecule has 1 aromatic carbocycles. The molecule has 1 aliphatic carbocycles. The molecule has 1 aromatic heterocycles. The number of fused-ring (bicyclic) bond motifs is 1. The van der Waals surface area contributed by atoms with Gasteiger partial charge in [-0.15, -0.1) is 0 Å². The average molecular weight is 393 g/mol. The van der Waals surface area contributed by atoms with Gasteiger partial charge in [-0.2, -0.15) is 0 Å². The first-order valence-corrected chi connectivity index (χ1v) is 9.27. The predicted molar refractivity (Wildman–Crippen MR) is 99.6 cm³/mol. The molecular formula is C19H21ClN2O5. The highest BCUT2D eigenvalue weighted by molar-refractivity contribution is 6.31. The van der Waals surface area contributed by atoms with Crippen molar-refractivity contribution in [3.05, 3.63) is 35.0 Å². The SMILES string of the molecule is C[C@H]1CCCC[C@H]1NC(=O)NC(=O)COC(=O)c1cc2cc(Cl)ccc2o1. The first-order chi connectivity index (χ1) is 12.9. The summed E-state index contributed by atoms with van der Waals surface area (Å²) in [6.07, 6.45) is 4.17. The minimum absolute atomic E-state index is 0.0412. The summed E-state index contributed by atoms with van der Waals surface area (Å²) < 4.78 is 10.3. The monoisotopic (exact) mass is 392 g/mol. The maximum absolute atomic E-state index is 12.0. The Labute approximate surface area is 161 Å². The van der Waals surface area contributed by atoms with E-state index < -0.39 is 24.5 Å². The second-order valence-corrected chi connectivity index (χ2v) is 7.20. The van der Waals surface area contributed by atoms with Crippen LogP contribution in [0.1, 0.15) is 43.2 Å². The molecular weight excluding hydrogens is 372 g/mol. The Bertz CT molecular complexity index is 863. The average Bonchev–Trinajstić information content (AvgIpc) is 3.04. The van der Waals surface area contributed by atoms with Crippen LogP contribution >= 0.6 is 11.6 Å². The molecule has 3 amide bonds. The van der Waals surface area contributed by atoms with E-state index in [1.807, 2.05) is 0 Å². The van der Waals surface area contributed by atoms with E-state index >= 15 is 0 Å². The van der Waals surface area contributed by atoms with Gasteiger partial charge >= 0.3 is 12.0 Å². The van der Waals surface area contributed by atoms with Crippen LogP contribution in [0.2, 0.25) is 5.02 Å². The molecule has 1 heterocycles. The normalized spacial score (nSPS) is 19.5. The fraction of sp³-hybridized carbons (Fsp3) is 0.421. The third-order valence-corrected chi connectivity index (χ3v) is 4.93. The van der Waals surface area contributed by atoms with Gasteiger partial charge in [0.05, 0.1) is 0 Å². The van der Waals surface area contributed by atoms with Crippen LogP contribution in [0.5, 0.6) is 0 Å². The quantitative estimate of drug-likeness (QED) is 0.774. The Hall–Kier alpha value is -2.54. The highest BCUT2D eigenvalue weighted by Crippen LogP contribution is 2.24. The fourth-order valence-electron chi connectivity index (χ4n) is 3.21. The number of hydrogen-bond donors (Lipinski definition) is 2. The van der Waals surface area contributed by atoms with E-state index in [1.54, 1.807) is 18.2 Å². The van der Waals surface area contributed by atoms with Crippen LogP contribution in [-0.2, 0) is 9.53 Å². The van der Waals surface area contributed by atoms with Gasteiger partial charge in [-0.25, -0.2) is 9.59 Å². The van der Waals surface area contributed by atoms with Gasteiger partial charge in [-0.1, -0.05) is 31.4 Å². The number of rotatable bonds is 4. The van der Waals surface area contributed by atoms with Gasteiger partial charge < -0.3 is 14.5 Å². The first-order valence-electron chi connectivity index (χ1n) is 8.89. The number of halogens is 1. The second kappa shape index (κ2) is 8.43. The Balaban J connectivity index is 1.47. The Morgan fingerprint density at radius 2 is 2.00 bits per heavy atom. The number of benzene rings is 1. The summed E-state index contributed by atoms with van der Waals surface area (Å²) in [5.74, 6) is -1.16. The number of amides is 3. The van der Waals surface area contributed by atoms with Gasteiger partial charge in [0.15, 0.2) is 6.61 Å².